The number of phenols is 1. The van der Waals surface area contributed by atoms with Crippen LogP contribution >= 0.6 is 22.7 Å². The van der Waals surface area contributed by atoms with Gasteiger partial charge in [-0.1, -0.05) is 13.0 Å². The molecule has 0 fully saturated rings. The van der Waals surface area contributed by atoms with Crippen molar-refractivity contribution in [2.45, 2.75) is 13.3 Å². The lowest BCUT2D eigenvalue weighted by molar-refractivity contribution is 0.475. The number of aromatic hydroxyl groups is 1. The van der Waals surface area contributed by atoms with Gasteiger partial charge in [-0.3, -0.25) is 4.99 Å². The predicted octanol–water partition coefficient (Wildman–Crippen LogP) is 4.18. The molecule has 2 heterocycles. The number of phenolic OH excluding ortho intramolecular Hbond substituents is 1. The van der Waals surface area contributed by atoms with Crippen LogP contribution in [0.5, 0.6) is 5.75 Å². The zero-order valence-corrected chi connectivity index (χ0v) is 14.6. The highest BCUT2D eigenvalue weighted by atomic mass is 32.1. The van der Waals surface area contributed by atoms with E-state index in [1.807, 2.05) is 22.9 Å². The summed E-state index contributed by atoms with van der Waals surface area (Å²) in [4.78, 5) is 6.36. The maximum Gasteiger partial charge on any atom is 0.205 e. The summed E-state index contributed by atoms with van der Waals surface area (Å²) in [6.07, 6.45) is 0.792. The van der Waals surface area contributed by atoms with E-state index < -0.39 is 0 Å². The topological polar surface area (TPSA) is 49.9 Å². The Labute approximate surface area is 142 Å². The fourth-order valence-corrected chi connectivity index (χ4v) is 3.84. The molecule has 4 nitrogen and oxygen atoms in total. The molecule has 0 saturated heterocycles. The first kappa shape index (κ1) is 15.7. The van der Waals surface area contributed by atoms with E-state index in [4.69, 9.17) is 5.10 Å². The molecule has 23 heavy (non-hydrogen) atoms. The molecule has 0 unspecified atom stereocenters. The fourth-order valence-electron chi connectivity index (χ4n) is 2.25. The second-order valence-corrected chi connectivity index (χ2v) is 6.65. The summed E-state index contributed by atoms with van der Waals surface area (Å²) in [6.45, 7) is 2.08. The molecule has 0 saturated carbocycles. The van der Waals surface area contributed by atoms with Crippen molar-refractivity contribution in [3.63, 3.8) is 0 Å². The Morgan fingerprint density at radius 3 is 2.57 bits per heavy atom. The number of thiazole rings is 1. The summed E-state index contributed by atoms with van der Waals surface area (Å²) < 4.78 is 1.90. The van der Waals surface area contributed by atoms with E-state index in [1.54, 1.807) is 41.9 Å². The van der Waals surface area contributed by atoms with Crippen molar-refractivity contribution >= 4 is 28.4 Å². The standard InChI is InChI=1S/C17H17N3OS2/c1-3-14(12-6-8-13(21)9-7-12)19-20-15(11-23-17(20)18-2)16-5-4-10-22-16/h4-11,21H,3H2,1-2H3. The van der Waals surface area contributed by atoms with Gasteiger partial charge in [0.1, 0.15) is 5.75 Å². The van der Waals surface area contributed by atoms with Crippen molar-refractivity contribution < 1.29 is 5.11 Å². The molecule has 3 rings (SSSR count). The maximum absolute atomic E-state index is 9.46. The summed E-state index contributed by atoms with van der Waals surface area (Å²) in [6, 6.07) is 11.3. The quantitative estimate of drug-likeness (QED) is 0.710. The Bertz CT molecular complexity index is 871. The van der Waals surface area contributed by atoms with Crippen LogP contribution in [0.1, 0.15) is 18.9 Å². The Morgan fingerprint density at radius 1 is 1.17 bits per heavy atom. The molecule has 118 valence electrons. The average Bonchev–Trinajstić information content (AvgIpc) is 3.22. The summed E-state index contributed by atoms with van der Waals surface area (Å²) in [5, 5.41) is 18.4. The Balaban J connectivity index is 2.13. The van der Waals surface area contributed by atoms with Gasteiger partial charge < -0.3 is 5.11 Å². The van der Waals surface area contributed by atoms with Gasteiger partial charge in [-0.05, 0) is 47.7 Å². The van der Waals surface area contributed by atoms with Gasteiger partial charge in [-0.25, -0.2) is 4.68 Å². The molecule has 2 aromatic heterocycles. The number of nitrogens with zero attached hydrogens (tertiary/aromatic N) is 3. The molecule has 1 N–H and O–H groups in total. The lowest BCUT2D eigenvalue weighted by Gasteiger charge is -2.07. The van der Waals surface area contributed by atoms with Gasteiger partial charge >= 0.3 is 0 Å². The summed E-state index contributed by atoms with van der Waals surface area (Å²) >= 11 is 3.27. The molecule has 0 spiro atoms. The zero-order chi connectivity index (χ0) is 16.2. The van der Waals surface area contributed by atoms with Gasteiger partial charge in [0, 0.05) is 12.4 Å². The number of benzene rings is 1. The van der Waals surface area contributed by atoms with E-state index in [2.05, 4.69) is 28.7 Å². The van der Waals surface area contributed by atoms with Gasteiger partial charge in [0.15, 0.2) is 0 Å². The lowest BCUT2D eigenvalue weighted by atomic mass is 10.1. The number of aromatic nitrogens is 1. The minimum Gasteiger partial charge on any atom is -0.508 e. The van der Waals surface area contributed by atoms with Crippen molar-refractivity contribution in [2.75, 3.05) is 7.05 Å². The van der Waals surface area contributed by atoms with E-state index in [1.165, 1.54) is 4.88 Å². The maximum atomic E-state index is 9.46. The lowest BCUT2D eigenvalue weighted by Crippen LogP contribution is -2.14. The summed E-state index contributed by atoms with van der Waals surface area (Å²) in [5.74, 6) is 0.260. The van der Waals surface area contributed by atoms with Crippen molar-refractivity contribution in [1.82, 2.24) is 4.68 Å². The molecule has 3 aromatic rings. The van der Waals surface area contributed by atoms with Crippen molar-refractivity contribution in [3.8, 4) is 16.3 Å². The van der Waals surface area contributed by atoms with Crippen molar-refractivity contribution in [1.29, 1.82) is 0 Å². The number of thiophene rings is 1. The minimum absolute atomic E-state index is 0.260. The Morgan fingerprint density at radius 2 is 1.96 bits per heavy atom. The molecular formula is C17H17N3OS2. The normalized spacial score (nSPS) is 12.8. The van der Waals surface area contributed by atoms with Crippen LogP contribution in [0.2, 0.25) is 0 Å². The average molecular weight is 343 g/mol. The second kappa shape index (κ2) is 6.93. The van der Waals surface area contributed by atoms with Gasteiger partial charge in [-0.2, -0.15) is 5.10 Å². The second-order valence-electron chi connectivity index (χ2n) is 4.86. The molecule has 0 radical (unpaired) electrons. The van der Waals surface area contributed by atoms with Gasteiger partial charge in [-0.15, -0.1) is 22.7 Å². The van der Waals surface area contributed by atoms with E-state index in [0.717, 1.165) is 28.2 Å². The highest BCUT2D eigenvalue weighted by molar-refractivity contribution is 7.14. The Kier molecular flexibility index (Phi) is 4.73. The molecule has 0 aliphatic carbocycles. The predicted molar refractivity (Wildman–Crippen MR) is 97.4 cm³/mol. The highest BCUT2D eigenvalue weighted by Gasteiger charge is 2.10. The minimum atomic E-state index is 0.260. The molecule has 0 bridgehead atoms. The third-order valence-electron chi connectivity index (χ3n) is 3.41. The van der Waals surface area contributed by atoms with E-state index in [9.17, 15) is 5.11 Å². The first-order chi connectivity index (χ1) is 11.2. The number of rotatable bonds is 4. The van der Waals surface area contributed by atoms with Crippen LogP contribution in [0.4, 0.5) is 0 Å². The third-order valence-corrected chi connectivity index (χ3v) is 5.21. The molecule has 6 heteroatoms. The molecule has 0 amide bonds. The number of hydrogen-bond acceptors (Lipinski definition) is 5. The zero-order valence-electron chi connectivity index (χ0n) is 12.9. The van der Waals surface area contributed by atoms with Crippen LogP contribution < -0.4 is 4.80 Å². The van der Waals surface area contributed by atoms with E-state index in [0.29, 0.717) is 0 Å². The van der Waals surface area contributed by atoms with Crippen LogP contribution in [-0.4, -0.2) is 22.5 Å². The molecule has 1 aromatic carbocycles. The Hall–Kier alpha value is -2.18. The molecular weight excluding hydrogens is 326 g/mol. The van der Waals surface area contributed by atoms with Gasteiger partial charge in [0.25, 0.3) is 0 Å². The van der Waals surface area contributed by atoms with Crippen molar-refractivity contribution in [2.24, 2.45) is 10.1 Å². The van der Waals surface area contributed by atoms with Crippen molar-refractivity contribution in [3.05, 3.63) is 57.5 Å². The van der Waals surface area contributed by atoms with Gasteiger partial charge in [0.05, 0.1) is 16.3 Å². The SMILES string of the molecule is CCC(=Nn1c(-c2cccs2)csc1=NC)c1ccc(O)cc1. The monoisotopic (exact) mass is 343 g/mol. The molecule has 0 atom stereocenters. The molecule has 0 aliphatic heterocycles. The first-order valence-electron chi connectivity index (χ1n) is 7.27. The van der Waals surface area contributed by atoms with Crippen LogP contribution in [0, 0.1) is 0 Å². The highest BCUT2D eigenvalue weighted by Crippen LogP contribution is 2.25. The van der Waals surface area contributed by atoms with Crippen LogP contribution in [0.25, 0.3) is 10.6 Å². The van der Waals surface area contributed by atoms with Crippen LogP contribution in [-0.2, 0) is 0 Å². The first-order valence-corrected chi connectivity index (χ1v) is 9.03. The third kappa shape index (κ3) is 3.28. The fraction of sp³-hybridized carbons (Fsp3) is 0.176. The largest absolute Gasteiger partial charge is 0.508 e. The molecule has 0 aliphatic rings. The summed E-state index contributed by atoms with van der Waals surface area (Å²) in [7, 11) is 1.78. The smallest absolute Gasteiger partial charge is 0.205 e. The summed E-state index contributed by atoms with van der Waals surface area (Å²) in [5.41, 5.74) is 3.01. The van der Waals surface area contributed by atoms with E-state index >= 15 is 0 Å². The van der Waals surface area contributed by atoms with Crippen LogP contribution in [0.15, 0.2) is 57.3 Å². The number of hydrogen-bond donors (Lipinski definition) is 1. The van der Waals surface area contributed by atoms with Crippen LogP contribution in [0.3, 0.4) is 0 Å². The van der Waals surface area contributed by atoms with Gasteiger partial charge in [0.2, 0.25) is 4.80 Å². The van der Waals surface area contributed by atoms with E-state index in [-0.39, 0.29) is 5.75 Å².